The van der Waals surface area contributed by atoms with Crippen molar-refractivity contribution in [2.45, 2.75) is 32.1 Å². The van der Waals surface area contributed by atoms with E-state index >= 15 is 0 Å². The SMILES string of the molecule is c1cc(CCc2ccc3ccccc3c2)nc(N2CCCCC2)c1. The zero-order chi connectivity index (χ0) is 16.2. The summed E-state index contributed by atoms with van der Waals surface area (Å²) in [5.41, 5.74) is 2.59. The molecule has 4 rings (SSSR count). The molecule has 122 valence electrons. The second-order valence-corrected chi connectivity index (χ2v) is 6.72. The van der Waals surface area contributed by atoms with Gasteiger partial charge in [-0.25, -0.2) is 4.98 Å². The molecule has 1 fully saturated rings. The Labute approximate surface area is 144 Å². The van der Waals surface area contributed by atoms with Gasteiger partial charge in [0, 0.05) is 18.8 Å². The topological polar surface area (TPSA) is 16.1 Å². The molecule has 0 spiro atoms. The summed E-state index contributed by atoms with van der Waals surface area (Å²) < 4.78 is 0. The van der Waals surface area contributed by atoms with Gasteiger partial charge in [0.25, 0.3) is 0 Å². The third-order valence-electron chi connectivity index (χ3n) is 4.96. The Balaban J connectivity index is 1.46. The van der Waals surface area contributed by atoms with E-state index in [9.17, 15) is 0 Å². The van der Waals surface area contributed by atoms with Crippen molar-refractivity contribution in [1.29, 1.82) is 0 Å². The highest BCUT2D eigenvalue weighted by Crippen LogP contribution is 2.19. The number of aromatic nitrogens is 1. The van der Waals surface area contributed by atoms with E-state index in [2.05, 4.69) is 65.6 Å². The standard InChI is InChI=1S/C22H24N2/c1-4-15-24(16-5-1)22-10-6-9-21(23-22)14-12-18-11-13-19-7-2-3-8-20(19)17-18/h2-3,6-11,13,17H,1,4-5,12,14-16H2. The molecule has 0 aliphatic carbocycles. The molecule has 0 saturated carbocycles. The fourth-order valence-electron chi connectivity index (χ4n) is 3.57. The number of pyridine rings is 1. The Morgan fingerprint density at radius 3 is 2.46 bits per heavy atom. The largest absolute Gasteiger partial charge is 0.357 e. The molecule has 0 amide bonds. The number of aryl methyl sites for hydroxylation is 2. The van der Waals surface area contributed by atoms with Crippen molar-refractivity contribution >= 4 is 16.6 Å². The smallest absolute Gasteiger partial charge is 0.128 e. The molecule has 0 bridgehead atoms. The predicted octanol–water partition coefficient (Wildman–Crippen LogP) is 5.01. The molecule has 2 aromatic carbocycles. The lowest BCUT2D eigenvalue weighted by molar-refractivity contribution is 0.572. The minimum Gasteiger partial charge on any atom is -0.357 e. The molecule has 1 saturated heterocycles. The third kappa shape index (κ3) is 3.43. The first kappa shape index (κ1) is 15.2. The van der Waals surface area contributed by atoms with Gasteiger partial charge in [-0.1, -0.05) is 48.5 Å². The van der Waals surface area contributed by atoms with Crippen LogP contribution in [0.25, 0.3) is 10.8 Å². The molecule has 0 radical (unpaired) electrons. The predicted molar refractivity (Wildman–Crippen MR) is 102 cm³/mol. The van der Waals surface area contributed by atoms with Gasteiger partial charge in [-0.15, -0.1) is 0 Å². The van der Waals surface area contributed by atoms with Crippen LogP contribution in [0.2, 0.25) is 0 Å². The highest BCUT2D eigenvalue weighted by atomic mass is 15.2. The molecular weight excluding hydrogens is 292 g/mol. The van der Waals surface area contributed by atoms with Gasteiger partial charge in [-0.2, -0.15) is 0 Å². The molecule has 24 heavy (non-hydrogen) atoms. The van der Waals surface area contributed by atoms with E-state index in [4.69, 9.17) is 4.98 Å². The maximum absolute atomic E-state index is 4.90. The van der Waals surface area contributed by atoms with E-state index in [0.29, 0.717) is 0 Å². The van der Waals surface area contributed by atoms with E-state index in [-0.39, 0.29) is 0 Å². The second-order valence-electron chi connectivity index (χ2n) is 6.72. The summed E-state index contributed by atoms with van der Waals surface area (Å²) in [5.74, 6) is 1.16. The lowest BCUT2D eigenvalue weighted by atomic mass is 10.0. The lowest BCUT2D eigenvalue weighted by Crippen LogP contribution is -2.30. The Morgan fingerprint density at radius 2 is 1.58 bits per heavy atom. The summed E-state index contributed by atoms with van der Waals surface area (Å²) in [6.45, 7) is 2.31. The van der Waals surface area contributed by atoms with Gasteiger partial charge < -0.3 is 4.90 Å². The van der Waals surface area contributed by atoms with Crippen LogP contribution in [0.15, 0.2) is 60.7 Å². The molecule has 0 N–H and O–H groups in total. The Hall–Kier alpha value is -2.35. The second kappa shape index (κ2) is 7.04. The van der Waals surface area contributed by atoms with Crippen molar-refractivity contribution in [3.05, 3.63) is 71.9 Å². The van der Waals surface area contributed by atoms with E-state index in [0.717, 1.165) is 31.7 Å². The van der Waals surface area contributed by atoms with Gasteiger partial charge >= 0.3 is 0 Å². The van der Waals surface area contributed by atoms with Crippen LogP contribution in [-0.2, 0) is 12.8 Å². The average Bonchev–Trinajstić information content (AvgIpc) is 2.67. The van der Waals surface area contributed by atoms with Gasteiger partial charge in [0.05, 0.1) is 0 Å². The molecule has 0 unspecified atom stereocenters. The van der Waals surface area contributed by atoms with Crippen LogP contribution in [0.3, 0.4) is 0 Å². The summed E-state index contributed by atoms with van der Waals surface area (Å²) in [6, 6.07) is 21.8. The third-order valence-corrected chi connectivity index (χ3v) is 4.96. The van der Waals surface area contributed by atoms with Crippen LogP contribution in [-0.4, -0.2) is 18.1 Å². The fraction of sp³-hybridized carbons (Fsp3) is 0.318. The molecule has 1 aromatic heterocycles. The summed E-state index contributed by atoms with van der Waals surface area (Å²) >= 11 is 0. The monoisotopic (exact) mass is 316 g/mol. The first-order valence-electron chi connectivity index (χ1n) is 9.07. The number of benzene rings is 2. The minimum absolute atomic E-state index is 1.00. The van der Waals surface area contributed by atoms with Crippen molar-refractivity contribution in [2.75, 3.05) is 18.0 Å². The Kier molecular flexibility index (Phi) is 4.46. The van der Waals surface area contributed by atoms with Gasteiger partial charge in [-0.05, 0) is 60.6 Å². The number of anilines is 1. The van der Waals surface area contributed by atoms with Crippen LogP contribution in [0.5, 0.6) is 0 Å². The van der Waals surface area contributed by atoms with E-state index < -0.39 is 0 Å². The van der Waals surface area contributed by atoms with Crippen molar-refractivity contribution in [3.8, 4) is 0 Å². The Morgan fingerprint density at radius 1 is 0.750 bits per heavy atom. The van der Waals surface area contributed by atoms with E-state index in [1.807, 2.05) is 0 Å². The zero-order valence-corrected chi connectivity index (χ0v) is 14.1. The number of hydrogen-bond acceptors (Lipinski definition) is 2. The number of rotatable bonds is 4. The Bertz CT molecular complexity index is 819. The first-order chi connectivity index (χ1) is 11.9. The molecule has 1 aliphatic heterocycles. The molecule has 2 nitrogen and oxygen atoms in total. The van der Waals surface area contributed by atoms with E-state index in [1.165, 1.54) is 41.3 Å². The molecule has 2 heterocycles. The number of nitrogens with zero attached hydrogens (tertiary/aromatic N) is 2. The summed E-state index contributed by atoms with van der Waals surface area (Å²) in [4.78, 5) is 7.33. The van der Waals surface area contributed by atoms with Crippen molar-refractivity contribution in [2.24, 2.45) is 0 Å². The van der Waals surface area contributed by atoms with Crippen molar-refractivity contribution in [3.63, 3.8) is 0 Å². The molecule has 0 atom stereocenters. The van der Waals surface area contributed by atoms with Crippen LogP contribution in [0.1, 0.15) is 30.5 Å². The van der Waals surface area contributed by atoms with Gasteiger partial charge in [0.2, 0.25) is 0 Å². The number of piperidine rings is 1. The molecule has 2 heteroatoms. The first-order valence-corrected chi connectivity index (χ1v) is 9.07. The highest BCUT2D eigenvalue weighted by Gasteiger charge is 2.12. The maximum atomic E-state index is 4.90. The summed E-state index contributed by atoms with van der Waals surface area (Å²) in [5, 5.41) is 2.64. The van der Waals surface area contributed by atoms with Crippen LogP contribution < -0.4 is 4.90 Å². The van der Waals surface area contributed by atoms with Gasteiger partial charge in [0.1, 0.15) is 5.82 Å². The molecular formula is C22H24N2. The van der Waals surface area contributed by atoms with Crippen molar-refractivity contribution in [1.82, 2.24) is 4.98 Å². The van der Waals surface area contributed by atoms with Crippen LogP contribution in [0.4, 0.5) is 5.82 Å². The van der Waals surface area contributed by atoms with Gasteiger partial charge in [0.15, 0.2) is 0 Å². The fourth-order valence-corrected chi connectivity index (χ4v) is 3.57. The quantitative estimate of drug-likeness (QED) is 0.672. The van der Waals surface area contributed by atoms with Crippen molar-refractivity contribution < 1.29 is 0 Å². The average molecular weight is 316 g/mol. The van der Waals surface area contributed by atoms with Crippen LogP contribution >= 0.6 is 0 Å². The number of hydrogen-bond donors (Lipinski definition) is 0. The minimum atomic E-state index is 1.00. The molecule has 3 aromatic rings. The normalized spacial score (nSPS) is 14.9. The summed E-state index contributed by atoms with van der Waals surface area (Å²) in [7, 11) is 0. The summed E-state index contributed by atoms with van der Waals surface area (Å²) in [6.07, 6.45) is 5.99. The van der Waals surface area contributed by atoms with Gasteiger partial charge in [-0.3, -0.25) is 0 Å². The zero-order valence-electron chi connectivity index (χ0n) is 14.1. The lowest BCUT2D eigenvalue weighted by Gasteiger charge is -2.28. The molecule has 1 aliphatic rings. The number of fused-ring (bicyclic) bond motifs is 1. The highest BCUT2D eigenvalue weighted by molar-refractivity contribution is 5.82. The van der Waals surface area contributed by atoms with Crippen LogP contribution in [0, 0.1) is 0 Å². The van der Waals surface area contributed by atoms with E-state index in [1.54, 1.807) is 0 Å². The maximum Gasteiger partial charge on any atom is 0.128 e.